The molecule has 3 heteroatoms. The Balaban J connectivity index is 2.44. The maximum atomic E-state index is 12.6. The first-order valence-corrected chi connectivity index (χ1v) is 7.51. The van der Waals surface area contributed by atoms with E-state index in [0.29, 0.717) is 12.3 Å². The quantitative estimate of drug-likeness (QED) is 0.491. The summed E-state index contributed by atoms with van der Waals surface area (Å²) in [5, 5.41) is 11.0. The van der Waals surface area contributed by atoms with Crippen LogP contribution in [0.2, 0.25) is 0 Å². The van der Waals surface area contributed by atoms with E-state index in [0.717, 1.165) is 35.8 Å². The molecule has 0 amide bonds. The number of carbonyl (C=O) groups excluding carboxylic acids is 2. The molecule has 1 saturated carbocycles. The van der Waals surface area contributed by atoms with Crippen LogP contribution in [0.4, 0.5) is 0 Å². The van der Waals surface area contributed by atoms with Crippen molar-refractivity contribution in [2.75, 3.05) is 0 Å². The molecule has 1 fully saturated rings. The van der Waals surface area contributed by atoms with E-state index < -0.39 is 11.0 Å². The van der Waals surface area contributed by atoms with Crippen LogP contribution >= 0.6 is 0 Å². The lowest BCUT2D eigenvalue weighted by molar-refractivity contribution is -0.127. The van der Waals surface area contributed by atoms with E-state index in [1.54, 1.807) is 12.2 Å². The molecule has 2 aliphatic carbocycles. The third kappa shape index (κ3) is 3.08. The third-order valence-electron chi connectivity index (χ3n) is 4.56. The molecule has 0 heterocycles. The summed E-state index contributed by atoms with van der Waals surface area (Å²) in [7, 11) is 0. The lowest BCUT2D eigenvalue weighted by Gasteiger charge is -2.41. The fraction of sp³-hybridized carbons (Fsp3) is 0.556. The highest BCUT2D eigenvalue weighted by Gasteiger charge is 2.49. The van der Waals surface area contributed by atoms with Crippen molar-refractivity contribution in [2.45, 2.75) is 52.6 Å². The van der Waals surface area contributed by atoms with E-state index in [-0.39, 0.29) is 5.78 Å². The van der Waals surface area contributed by atoms with Gasteiger partial charge in [-0.1, -0.05) is 19.9 Å². The van der Waals surface area contributed by atoms with Gasteiger partial charge in [0.05, 0.1) is 0 Å². The number of carbonyl (C=O) groups is 2. The Hall–Kier alpha value is -1.48. The van der Waals surface area contributed by atoms with Crippen LogP contribution in [-0.2, 0) is 9.59 Å². The highest BCUT2D eigenvalue weighted by atomic mass is 16.3. The zero-order valence-corrected chi connectivity index (χ0v) is 13.3. The molecular formula is C18H24O3. The van der Waals surface area contributed by atoms with Gasteiger partial charge in [-0.2, -0.15) is 0 Å². The average molecular weight is 288 g/mol. The fourth-order valence-corrected chi connectivity index (χ4v) is 3.13. The van der Waals surface area contributed by atoms with Crippen LogP contribution < -0.4 is 0 Å². The number of rotatable bonds is 4. The van der Waals surface area contributed by atoms with Crippen LogP contribution in [0.5, 0.6) is 0 Å². The van der Waals surface area contributed by atoms with Gasteiger partial charge in [0.15, 0.2) is 5.78 Å². The van der Waals surface area contributed by atoms with Crippen molar-refractivity contribution in [1.82, 2.24) is 0 Å². The Bertz CT molecular complexity index is 559. The van der Waals surface area contributed by atoms with E-state index in [1.165, 1.54) is 6.08 Å². The summed E-state index contributed by atoms with van der Waals surface area (Å²) in [6.07, 6.45) is 8.14. The number of ketones is 1. The van der Waals surface area contributed by atoms with Gasteiger partial charge < -0.3 is 5.11 Å². The molecule has 0 spiro atoms. The van der Waals surface area contributed by atoms with Crippen LogP contribution in [0, 0.1) is 11.3 Å². The summed E-state index contributed by atoms with van der Waals surface area (Å²) < 4.78 is 0. The molecule has 1 atom stereocenters. The van der Waals surface area contributed by atoms with Gasteiger partial charge in [0, 0.05) is 11.0 Å². The smallest absolute Gasteiger partial charge is 0.164 e. The second-order valence-electron chi connectivity index (χ2n) is 7.01. The summed E-state index contributed by atoms with van der Waals surface area (Å²) in [5.41, 5.74) is 0.736. The van der Waals surface area contributed by atoms with Crippen molar-refractivity contribution in [1.29, 1.82) is 0 Å². The minimum Gasteiger partial charge on any atom is -0.381 e. The monoisotopic (exact) mass is 288 g/mol. The second kappa shape index (κ2) is 5.38. The molecule has 1 N–H and O–H groups in total. The lowest BCUT2D eigenvalue weighted by atomic mass is 9.65. The standard InChI is InChI=1S/C18H24O3/c1-12(8-10-19)7-9-18(21)11-17(3,4)16(20)15(13(18)2)14-5-6-14/h7-10,14,21H,5-6,11H2,1-4H3. The summed E-state index contributed by atoms with van der Waals surface area (Å²) in [5.74, 6) is 0.504. The van der Waals surface area contributed by atoms with Crippen LogP contribution in [0.15, 0.2) is 34.9 Å². The largest absolute Gasteiger partial charge is 0.381 e. The zero-order chi connectivity index (χ0) is 15.8. The normalized spacial score (nSPS) is 30.1. The number of hydrogen-bond donors (Lipinski definition) is 1. The number of hydrogen-bond acceptors (Lipinski definition) is 3. The van der Waals surface area contributed by atoms with Gasteiger partial charge in [-0.3, -0.25) is 9.59 Å². The van der Waals surface area contributed by atoms with Crippen LogP contribution in [0.25, 0.3) is 0 Å². The number of aliphatic hydroxyl groups is 1. The molecule has 0 bridgehead atoms. The van der Waals surface area contributed by atoms with Gasteiger partial charge in [-0.15, -0.1) is 0 Å². The SMILES string of the molecule is CC(C=CC1(O)CC(C)(C)C(=O)C(C2CC2)=C1C)=CC=O. The first kappa shape index (κ1) is 15.9. The van der Waals surface area contributed by atoms with Crippen molar-refractivity contribution in [3.8, 4) is 0 Å². The molecule has 2 aliphatic rings. The van der Waals surface area contributed by atoms with Gasteiger partial charge in [0.25, 0.3) is 0 Å². The summed E-state index contributed by atoms with van der Waals surface area (Å²) in [4.78, 5) is 23.1. The van der Waals surface area contributed by atoms with Crippen LogP contribution in [-0.4, -0.2) is 22.8 Å². The van der Waals surface area contributed by atoms with E-state index >= 15 is 0 Å². The minimum atomic E-state index is -1.10. The van der Waals surface area contributed by atoms with Gasteiger partial charge in [-0.05, 0) is 62.3 Å². The van der Waals surface area contributed by atoms with E-state index in [4.69, 9.17) is 0 Å². The van der Waals surface area contributed by atoms with Crippen molar-refractivity contribution in [3.63, 3.8) is 0 Å². The predicted octanol–water partition coefficient (Wildman–Crippen LogP) is 3.14. The summed E-state index contributed by atoms with van der Waals surface area (Å²) in [6, 6.07) is 0. The Morgan fingerprint density at radius 2 is 1.95 bits per heavy atom. The summed E-state index contributed by atoms with van der Waals surface area (Å²) in [6.45, 7) is 7.48. The topological polar surface area (TPSA) is 54.4 Å². The molecule has 0 aliphatic heterocycles. The van der Waals surface area contributed by atoms with E-state index in [1.807, 2.05) is 27.7 Å². The predicted molar refractivity (Wildman–Crippen MR) is 82.7 cm³/mol. The van der Waals surface area contributed by atoms with Crippen molar-refractivity contribution < 1.29 is 14.7 Å². The molecule has 0 radical (unpaired) electrons. The highest BCUT2D eigenvalue weighted by Crippen LogP contribution is 2.50. The fourth-order valence-electron chi connectivity index (χ4n) is 3.13. The lowest BCUT2D eigenvalue weighted by Crippen LogP contribution is -2.45. The number of aldehydes is 1. The molecule has 114 valence electrons. The third-order valence-corrected chi connectivity index (χ3v) is 4.56. The highest BCUT2D eigenvalue weighted by molar-refractivity contribution is 6.02. The first-order chi connectivity index (χ1) is 9.71. The van der Waals surface area contributed by atoms with Gasteiger partial charge in [0.2, 0.25) is 0 Å². The second-order valence-corrected chi connectivity index (χ2v) is 7.01. The van der Waals surface area contributed by atoms with Crippen molar-refractivity contribution >= 4 is 12.1 Å². The molecule has 21 heavy (non-hydrogen) atoms. The van der Waals surface area contributed by atoms with Crippen molar-refractivity contribution in [2.24, 2.45) is 11.3 Å². The van der Waals surface area contributed by atoms with E-state index in [9.17, 15) is 14.7 Å². The van der Waals surface area contributed by atoms with Gasteiger partial charge in [-0.25, -0.2) is 0 Å². The van der Waals surface area contributed by atoms with Crippen LogP contribution in [0.3, 0.4) is 0 Å². The molecule has 0 aromatic rings. The molecule has 0 aromatic heterocycles. The van der Waals surface area contributed by atoms with E-state index in [2.05, 4.69) is 0 Å². The first-order valence-electron chi connectivity index (χ1n) is 7.51. The molecule has 0 saturated heterocycles. The maximum Gasteiger partial charge on any atom is 0.164 e. The molecule has 2 rings (SSSR count). The number of allylic oxidation sites excluding steroid dienone is 4. The van der Waals surface area contributed by atoms with Crippen molar-refractivity contribution in [3.05, 3.63) is 34.9 Å². The Morgan fingerprint density at radius 3 is 2.48 bits per heavy atom. The minimum absolute atomic E-state index is 0.181. The molecule has 3 nitrogen and oxygen atoms in total. The average Bonchev–Trinajstić information content (AvgIpc) is 3.19. The Morgan fingerprint density at radius 1 is 1.33 bits per heavy atom. The van der Waals surface area contributed by atoms with Gasteiger partial charge >= 0.3 is 0 Å². The summed E-state index contributed by atoms with van der Waals surface area (Å²) >= 11 is 0. The van der Waals surface area contributed by atoms with Crippen LogP contribution in [0.1, 0.15) is 47.0 Å². The van der Waals surface area contributed by atoms with Gasteiger partial charge in [0.1, 0.15) is 11.9 Å². The number of Topliss-reactive ketones (excluding diaryl/α,β-unsaturated/α-hetero) is 1. The molecular weight excluding hydrogens is 264 g/mol. The maximum absolute atomic E-state index is 12.6. The molecule has 1 unspecified atom stereocenters. The Kier molecular flexibility index (Phi) is 4.07. The Labute approximate surface area is 126 Å². The molecule has 0 aromatic carbocycles. The zero-order valence-electron chi connectivity index (χ0n) is 13.3.